The van der Waals surface area contributed by atoms with Crippen molar-refractivity contribution in [3.63, 3.8) is 0 Å². The van der Waals surface area contributed by atoms with Gasteiger partial charge in [-0.05, 0) is 51.3 Å². The molecule has 102 valence electrons. The van der Waals surface area contributed by atoms with Crippen LogP contribution in [-0.4, -0.2) is 26.2 Å². The van der Waals surface area contributed by atoms with E-state index in [0.717, 1.165) is 13.1 Å². The van der Waals surface area contributed by atoms with E-state index in [2.05, 4.69) is 62.3 Å². The quantitative estimate of drug-likeness (QED) is 0.756. The van der Waals surface area contributed by atoms with E-state index in [9.17, 15) is 0 Å². The van der Waals surface area contributed by atoms with E-state index >= 15 is 0 Å². The Labute approximate surface area is 112 Å². The van der Waals surface area contributed by atoms with Crippen molar-refractivity contribution in [2.24, 2.45) is 0 Å². The lowest BCUT2D eigenvalue weighted by Gasteiger charge is -2.22. The van der Waals surface area contributed by atoms with Crippen LogP contribution in [0, 0.1) is 6.92 Å². The Morgan fingerprint density at radius 3 is 2.67 bits per heavy atom. The highest BCUT2D eigenvalue weighted by Gasteiger charge is 2.05. The molecule has 18 heavy (non-hydrogen) atoms. The van der Waals surface area contributed by atoms with Crippen LogP contribution in [0.2, 0.25) is 0 Å². The van der Waals surface area contributed by atoms with Crippen LogP contribution in [0.4, 0.5) is 5.69 Å². The summed E-state index contributed by atoms with van der Waals surface area (Å²) in [6.07, 6.45) is 3.70. The highest BCUT2D eigenvalue weighted by Crippen LogP contribution is 2.18. The molecule has 0 aromatic heterocycles. The predicted molar refractivity (Wildman–Crippen MR) is 81.4 cm³/mol. The number of benzene rings is 1. The highest BCUT2D eigenvalue weighted by atomic mass is 15.1. The van der Waals surface area contributed by atoms with Gasteiger partial charge in [-0.2, -0.15) is 0 Å². The van der Waals surface area contributed by atoms with Crippen molar-refractivity contribution in [3.8, 4) is 0 Å². The van der Waals surface area contributed by atoms with Crippen molar-refractivity contribution in [1.82, 2.24) is 5.32 Å². The van der Waals surface area contributed by atoms with Crippen LogP contribution in [0.1, 0.15) is 38.7 Å². The fourth-order valence-corrected chi connectivity index (χ4v) is 2.24. The molecule has 1 unspecified atom stereocenters. The average molecular weight is 248 g/mol. The van der Waals surface area contributed by atoms with Crippen LogP contribution in [0.25, 0.3) is 0 Å². The van der Waals surface area contributed by atoms with Crippen molar-refractivity contribution in [2.45, 2.75) is 46.1 Å². The van der Waals surface area contributed by atoms with E-state index in [1.54, 1.807) is 0 Å². The molecule has 0 saturated carbocycles. The third-order valence-corrected chi connectivity index (χ3v) is 3.40. The summed E-state index contributed by atoms with van der Waals surface area (Å²) in [5.74, 6) is 0. The zero-order valence-electron chi connectivity index (χ0n) is 12.4. The third-order valence-electron chi connectivity index (χ3n) is 3.40. The summed E-state index contributed by atoms with van der Waals surface area (Å²) in [6, 6.07) is 9.23. The lowest BCUT2D eigenvalue weighted by molar-refractivity contribution is 0.499. The number of anilines is 1. The van der Waals surface area contributed by atoms with Gasteiger partial charge in [0.15, 0.2) is 0 Å². The first kappa shape index (κ1) is 15.0. The van der Waals surface area contributed by atoms with Gasteiger partial charge >= 0.3 is 0 Å². The summed E-state index contributed by atoms with van der Waals surface area (Å²) in [7, 11) is 2.19. The van der Waals surface area contributed by atoms with Gasteiger partial charge in [-0.3, -0.25) is 0 Å². The highest BCUT2D eigenvalue weighted by molar-refractivity contribution is 5.52. The van der Waals surface area contributed by atoms with Crippen LogP contribution in [0.15, 0.2) is 24.3 Å². The summed E-state index contributed by atoms with van der Waals surface area (Å²) in [5, 5.41) is 3.54. The maximum atomic E-state index is 3.54. The molecule has 2 heteroatoms. The molecular formula is C16H28N2. The van der Waals surface area contributed by atoms with Crippen LogP contribution in [0.5, 0.6) is 0 Å². The molecule has 1 atom stereocenters. The number of nitrogens with zero attached hydrogens (tertiary/aromatic N) is 1. The maximum Gasteiger partial charge on any atom is 0.0393 e. The molecule has 0 heterocycles. The fraction of sp³-hybridized carbons (Fsp3) is 0.625. The Morgan fingerprint density at radius 1 is 1.28 bits per heavy atom. The molecule has 0 aliphatic carbocycles. The normalized spacial score (nSPS) is 12.4. The number of hydrogen-bond acceptors (Lipinski definition) is 2. The summed E-state index contributed by atoms with van der Waals surface area (Å²) < 4.78 is 0. The molecule has 0 spiro atoms. The summed E-state index contributed by atoms with van der Waals surface area (Å²) in [5.41, 5.74) is 2.71. The number of rotatable bonds is 8. The smallest absolute Gasteiger partial charge is 0.0393 e. The SMILES string of the molecule is CCCNC(C)CCCN(C)c1ccccc1C. The topological polar surface area (TPSA) is 15.3 Å². The van der Waals surface area contributed by atoms with Crippen molar-refractivity contribution in [2.75, 3.05) is 25.0 Å². The van der Waals surface area contributed by atoms with E-state index in [1.165, 1.54) is 30.5 Å². The monoisotopic (exact) mass is 248 g/mol. The number of aryl methyl sites for hydroxylation is 1. The minimum atomic E-state index is 0.634. The first-order valence-electron chi connectivity index (χ1n) is 7.15. The second-order valence-electron chi connectivity index (χ2n) is 5.21. The Hall–Kier alpha value is -1.02. The third kappa shape index (κ3) is 5.09. The zero-order chi connectivity index (χ0) is 13.4. The van der Waals surface area contributed by atoms with Gasteiger partial charge in [-0.1, -0.05) is 25.1 Å². The van der Waals surface area contributed by atoms with Crippen molar-refractivity contribution in [3.05, 3.63) is 29.8 Å². The van der Waals surface area contributed by atoms with Gasteiger partial charge in [-0.15, -0.1) is 0 Å². The molecule has 1 aromatic carbocycles. The first-order valence-corrected chi connectivity index (χ1v) is 7.15. The fourth-order valence-electron chi connectivity index (χ4n) is 2.24. The second-order valence-corrected chi connectivity index (χ2v) is 5.21. The minimum absolute atomic E-state index is 0.634. The summed E-state index contributed by atoms with van der Waals surface area (Å²) in [4.78, 5) is 2.36. The maximum absolute atomic E-state index is 3.54. The second kappa shape index (κ2) is 8.15. The number of para-hydroxylation sites is 1. The Balaban J connectivity index is 2.29. The van der Waals surface area contributed by atoms with Crippen molar-refractivity contribution in [1.29, 1.82) is 0 Å². The van der Waals surface area contributed by atoms with Gasteiger partial charge in [-0.25, -0.2) is 0 Å². The molecule has 0 radical (unpaired) electrons. The van der Waals surface area contributed by atoms with Crippen LogP contribution in [-0.2, 0) is 0 Å². The average Bonchev–Trinajstić information content (AvgIpc) is 2.36. The van der Waals surface area contributed by atoms with E-state index in [1.807, 2.05) is 0 Å². The molecule has 1 N–H and O–H groups in total. The van der Waals surface area contributed by atoms with E-state index in [0.29, 0.717) is 6.04 Å². The van der Waals surface area contributed by atoms with E-state index in [4.69, 9.17) is 0 Å². The van der Waals surface area contributed by atoms with Crippen molar-refractivity contribution < 1.29 is 0 Å². The standard InChI is InChI=1S/C16H28N2/c1-5-12-17-15(3)10-8-13-18(4)16-11-7-6-9-14(16)2/h6-7,9,11,15,17H,5,8,10,12-13H2,1-4H3. The Bertz CT molecular complexity index is 336. The van der Waals surface area contributed by atoms with Crippen LogP contribution >= 0.6 is 0 Å². The molecule has 0 aliphatic heterocycles. The molecular weight excluding hydrogens is 220 g/mol. The number of hydrogen-bond donors (Lipinski definition) is 1. The molecule has 0 amide bonds. The van der Waals surface area contributed by atoms with E-state index in [-0.39, 0.29) is 0 Å². The molecule has 0 saturated heterocycles. The Morgan fingerprint density at radius 2 is 2.00 bits per heavy atom. The Kier molecular flexibility index (Phi) is 6.81. The minimum Gasteiger partial charge on any atom is -0.374 e. The van der Waals surface area contributed by atoms with Gasteiger partial charge in [0.25, 0.3) is 0 Å². The first-order chi connectivity index (χ1) is 8.65. The van der Waals surface area contributed by atoms with Crippen LogP contribution in [0.3, 0.4) is 0 Å². The molecule has 2 nitrogen and oxygen atoms in total. The summed E-state index contributed by atoms with van der Waals surface area (Å²) in [6.45, 7) is 8.93. The van der Waals surface area contributed by atoms with Gasteiger partial charge in [0.1, 0.15) is 0 Å². The predicted octanol–water partition coefficient (Wildman–Crippen LogP) is 3.60. The molecule has 0 bridgehead atoms. The molecule has 0 aliphatic rings. The molecule has 1 aromatic rings. The lowest BCUT2D eigenvalue weighted by atomic mass is 10.1. The van der Waals surface area contributed by atoms with E-state index < -0.39 is 0 Å². The lowest BCUT2D eigenvalue weighted by Crippen LogP contribution is -2.28. The van der Waals surface area contributed by atoms with Crippen molar-refractivity contribution >= 4 is 5.69 Å². The zero-order valence-corrected chi connectivity index (χ0v) is 12.4. The van der Waals surface area contributed by atoms with Gasteiger partial charge in [0, 0.05) is 25.3 Å². The van der Waals surface area contributed by atoms with Gasteiger partial charge in [0.05, 0.1) is 0 Å². The van der Waals surface area contributed by atoms with Gasteiger partial charge < -0.3 is 10.2 Å². The summed E-state index contributed by atoms with van der Waals surface area (Å²) >= 11 is 0. The largest absolute Gasteiger partial charge is 0.374 e. The number of nitrogens with one attached hydrogen (secondary N) is 1. The van der Waals surface area contributed by atoms with Gasteiger partial charge in [0.2, 0.25) is 0 Å². The molecule has 0 fully saturated rings. The molecule has 1 rings (SSSR count). The van der Waals surface area contributed by atoms with Crippen LogP contribution < -0.4 is 10.2 Å².